The molecule has 0 fully saturated rings. The molecular formula is C8H16O4. The molecule has 0 amide bonds. The van der Waals surface area contributed by atoms with Crippen molar-refractivity contribution >= 4 is 5.97 Å². The van der Waals surface area contributed by atoms with Crippen LogP contribution in [-0.2, 0) is 14.3 Å². The van der Waals surface area contributed by atoms with Crippen LogP contribution in [0.25, 0.3) is 0 Å². The van der Waals surface area contributed by atoms with Gasteiger partial charge in [-0.3, -0.25) is 4.79 Å². The van der Waals surface area contributed by atoms with Crippen LogP contribution in [0.4, 0.5) is 0 Å². The predicted molar refractivity (Wildman–Crippen MR) is 43.9 cm³/mol. The van der Waals surface area contributed by atoms with E-state index in [2.05, 4.69) is 0 Å². The molecule has 72 valence electrons. The Morgan fingerprint density at radius 2 is 1.92 bits per heavy atom. The summed E-state index contributed by atoms with van der Waals surface area (Å²) in [5, 5.41) is 8.33. The van der Waals surface area contributed by atoms with Gasteiger partial charge in [0.05, 0.1) is 0 Å². The first-order chi connectivity index (χ1) is 5.70. The van der Waals surface area contributed by atoms with Crippen LogP contribution in [-0.4, -0.2) is 31.6 Å². The van der Waals surface area contributed by atoms with E-state index in [-0.39, 0.29) is 12.7 Å². The Morgan fingerprint density at radius 3 is 2.33 bits per heavy atom. The van der Waals surface area contributed by atoms with E-state index in [4.69, 9.17) is 14.6 Å². The normalized spacial score (nSPS) is 10.6. The van der Waals surface area contributed by atoms with Crippen molar-refractivity contribution in [1.82, 2.24) is 0 Å². The van der Waals surface area contributed by atoms with Crippen LogP contribution >= 0.6 is 0 Å². The van der Waals surface area contributed by atoms with E-state index in [1.807, 2.05) is 0 Å². The lowest BCUT2D eigenvalue weighted by atomic mass is 10.2. The fraction of sp³-hybridized carbons (Fsp3) is 0.875. The third-order valence-electron chi connectivity index (χ3n) is 1.61. The van der Waals surface area contributed by atoms with Gasteiger partial charge in [0.2, 0.25) is 0 Å². The van der Waals surface area contributed by atoms with Crippen molar-refractivity contribution in [2.75, 3.05) is 14.2 Å². The summed E-state index contributed by atoms with van der Waals surface area (Å²) in [6.07, 6.45) is 2.27. The summed E-state index contributed by atoms with van der Waals surface area (Å²) in [7, 11) is 3.15. The molecule has 0 saturated heterocycles. The zero-order chi connectivity index (χ0) is 9.40. The Balaban J connectivity index is 3.23. The van der Waals surface area contributed by atoms with Gasteiger partial charge < -0.3 is 14.6 Å². The third-order valence-corrected chi connectivity index (χ3v) is 1.61. The van der Waals surface area contributed by atoms with Crippen LogP contribution in [0.5, 0.6) is 0 Å². The highest BCUT2D eigenvalue weighted by molar-refractivity contribution is 5.66. The second kappa shape index (κ2) is 7.06. The predicted octanol–water partition coefficient (Wildman–Crippen LogP) is 1.25. The number of carboxylic acids is 1. The molecule has 0 unspecified atom stereocenters. The van der Waals surface area contributed by atoms with Gasteiger partial charge in [0, 0.05) is 20.6 Å². The van der Waals surface area contributed by atoms with Crippen molar-refractivity contribution in [3.63, 3.8) is 0 Å². The monoisotopic (exact) mass is 176 g/mol. The summed E-state index contributed by atoms with van der Waals surface area (Å²) in [4.78, 5) is 10.1. The maximum Gasteiger partial charge on any atom is 0.303 e. The van der Waals surface area contributed by atoms with Gasteiger partial charge in [0.25, 0.3) is 0 Å². The van der Waals surface area contributed by atoms with Gasteiger partial charge in [-0.2, -0.15) is 0 Å². The second-order valence-electron chi connectivity index (χ2n) is 2.54. The standard InChI is InChI=1S/C8H16O4/c1-11-8(12-2)6-4-3-5-7(9)10/h8H,3-6H2,1-2H3,(H,9,10). The van der Waals surface area contributed by atoms with E-state index >= 15 is 0 Å². The molecule has 4 heteroatoms. The number of rotatable bonds is 7. The Labute approximate surface area is 72.5 Å². The molecule has 0 spiro atoms. The van der Waals surface area contributed by atoms with E-state index in [1.54, 1.807) is 14.2 Å². The quantitative estimate of drug-likeness (QED) is 0.468. The molecule has 12 heavy (non-hydrogen) atoms. The fourth-order valence-corrected chi connectivity index (χ4v) is 0.919. The van der Waals surface area contributed by atoms with Crippen molar-refractivity contribution in [1.29, 1.82) is 0 Å². The molecule has 0 aromatic heterocycles. The molecule has 0 aromatic rings. The first-order valence-electron chi connectivity index (χ1n) is 3.98. The summed E-state index contributed by atoms with van der Waals surface area (Å²) in [6, 6.07) is 0. The largest absolute Gasteiger partial charge is 0.481 e. The average molecular weight is 176 g/mol. The van der Waals surface area contributed by atoms with Gasteiger partial charge in [0.15, 0.2) is 6.29 Å². The number of carbonyl (C=O) groups is 1. The molecule has 1 N–H and O–H groups in total. The zero-order valence-electron chi connectivity index (χ0n) is 7.58. The Bertz CT molecular complexity index is 120. The summed E-state index contributed by atoms with van der Waals surface area (Å²) in [5.41, 5.74) is 0. The molecule has 0 saturated carbocycles. The molecule has 0 rings (SSSR count). The minimum atomic E-state index is -0.749. The van der Waals surface area contributed by atoms with Crippen LogP contribution in [0.1, 0.15) is 25.7 Å². The molecule has 0 aromatic carbocycles. The van der Waals surface area contributed by atoms with E-state index in [0.29, 0.717) is 6.42 Å². The number of hydrogen-bond donors (Lipinski definition) is 1. The van der Waals surface area contributed by atoms with Crippen LogP contribution < -0.4 is 0 Å². The summed E-state index contributed by atoms with van der Waals surface area (Å²) in [5.74, 6) is -0.749. The lowest BCUT2D eigenvalue weighted by Gasteiger charge is -2.11. The molecule has 0 aliphatic carbocycles. The smallest absolute Gasteiger partial charge is 0.303 e. The minimum Gasteiger partial charge on any atom is -0.481 e. The Hall–Kier alpha value is -0.610. The third kappa shape index (κ3) is 6.12. The molecule has 0 heterocycles. The number of carboxylic acid groups (broad SMARTS) is 1. The van der Waals surface area contributed by atoms with Crippen LogP contribution in [0.15, 0.2) is 0 Å². The van der Waals surface area contributed by atoms with Gasteiger partial charge in [-0.05, 0) is 19.3 Å². The number of methoxy groups -OCH3 is 2. The topological polar surface area (TPSA) is 55.8 Å². The first kappa shape index (κ1) is 11.4. The molecule has 0 aliphatic heterocycles. The lowest BCUT2D eigenvalue weighted by molar-refractivity contribution is -0.137. The number of ether oxygens (including phenoxy) is 2. The van der Waals surface area contributed by atoms with Gasteiger partial charge in [-0.15, -0.1) is 0 Å². The van der Waals surface area contributed by atoms with Gasteiger partial charge >= 0.3 is 5.97 Å². The van der Waals surface area contributed by atoms with Gasteiger partial charge in [-0.1, -0.05) is 0 Å². The number of aliphatic carboxylic acids is 1. The molecule has 4 nitrogen and oxygen atoms in total. The van der Waals surface area contributed by atoms with Gasteiger partial charge in [-0.25, -0.2) is 0 Å². The van der Waals surface area contributed by atoms with E-state index < -0.39 is 5.97 Å². The molecular weight excluding hydrogens is 160 g/mol. The molecule has 0 atom stereocenters. The molecule has 0 radical (unpaired) electrons. The van der Waals surface area contributed by atoms with Crippen LogP contribution in [0, 0.1) is 0 Å². The summed E-state index contributed by atoms with van der Waals surface area (Å²) >= 11 is 0. The maximum atomic E-state index is 10.1. The highest BCUT2D eigenvalue weighted by atomic mass is 16.7. The first-order valence-corrected chi connectivity index (χ1v) is 3.98. The summed E-state index contributed by atoms with van der Waals surface area (Å²) in [6.45, 7) is 0. The second-order valence-corrected chi connectivity index (χ2v) is 2.54. The van der Waals surface area contributed by atoms with Crippen LogP contribution in [0.3, 0.4) is 0 Å². The SMILES string of the molecule is COC(CCCCC(=O)O)OC. The van der Waals surface area contributed by atoms with Crippen LogP contribution in [0.2, 0.25) is 0 Å². The van der Waals surface area contributed by atoms with Crippen molar-refractivity contribution in [2.45, 2.75) is 32.0 Å². The Kier molecular flexibility index (Phi) is 6.70. The Morgan fingerprint density at radius 1 is 1.33 bits per heavy atom. The molecule has 0 aliphatic rings. The van der Waals surface area contributed by atoms with Crippen molar-refractivity contribution in [2.24, 2.45) is 0 Å². The fourth-order valence-electron chi connectivity index (χ4n) is 0.919. The number of hydrogen-bond acceptors (Lipinski definition) is 3. The molecule has 0 bridgehead atoms. The minimum absolute atomic E-state index is 0.196. The number of unbranched alkanes of at least 4 members (excludes halogenated alkanes) is 1. The van der Waals surface area contributed by atoms with E-state index in [9.17, 15) is 4.79 Å². The van der Waals surface area contributed by atoms with E-state index in [1.165, 1.54) is 0 Å². The van der Waals surface area contributed by atoms with E-state index in [0.717, 1.165) is 12.8 Å². The zero-order valence-corrected chi connectivity index (χ0v) is 7.58. The highest BCUT2D eigenvalue weighted by Crippen LogP contribution is 2.06. The van der Waals surface area contributed by atoms with Crippen molar-refractivity contribution < 1.29 is 19.4 Å². The van der Waals surface area contributed by atoms with Gasteiger partial charge in [0.1, 0.15) is 0 Å². The maximum absolute atomic E-state index is 10.1. The lowest BCUT2D eigenvalue weighted by Crippen LogP contribution is -2.12. The van der Waals surface area contributed by atoms with Crippen molar-refractivity contribution in [3.8, 4) is 0 Å². The summed E-state index contributed by atoms with van der Waals surface area (Å²) < 4.78 is 9.87. The van der Waals surface area contributed by atoms with Crippen molar-refractivity contribution in [3.05, 3.63) is 0 Å². The average Bonchev–Trinajstić information content (AvgIpc) is 2.04. The highest BCUT2D eigenvalue weighted by Gasteiger charge is 2.04.